The van der Waals surface area contributed by atoms with Gasteiger partial charge in [-0.05, 0) is 82.7 Å². The minimum absolute atomic E-state index is 0.0236. The molecule has 268 valence electrons. The van der Waals surface area contributed by atoms with Crippen LogP contribution < -0.4 is 11.1 Å². The molecule has 3 N–H and O–H groups in total. The highest BCUT2D eigenvalue weighted by atomic mass is 28.4. The molecule has 0 radical (unpaired) electrons. The minimum Gasteiger partial charge on any atom is -0.444 e. The Morgan fingerprint density at radius 1 is 0.660 bits per heavy atom. The van der Waals surface area contributed by atoms with Gasteiger partial charge in [0.25, 0.3) is 0 Å². The van der Waals surface area contributed by atoms with E-state index in [1.54, 1.807) is 20.8 Å². The Bertz CT molecular complexity index is 1230. The zero-order chi connectivity index (χ0) is 36.1. The molecule has 0 aromatic carbocycles. The third kappa shape index (κ3) is 9.49. The molecule has 1 amide bonds. The standard InChI is InChI=1S/C20H35NO5Si.C15H27NO3Si/c1-19(2,3)25-18(24)21-14-10-12(26-27(7,8)20(4,5)6)9-13-15(22)11-16(23)17(13)14;1-15(2,3)20(4,5)19-9-6-10-12(17)8-13(18)14(10)11(16)7-9/h12-14,17H,9-11H2,1-8H3,(H,21,24);9-11,14H,6-8,16H2,1-5H3/t12-,13-,14-,17+;9-,10-,11-,14+/m11/s1. The van der Waals surface area contributed by atoms with Crippen LogP contribution in [0.3, 0.4) is 0 Å². The largest absolute Gasteiger partial charge is 0.444 e. The summed E-state index contributed by atoms with van der Waals surface area (Å²) in [5, 5.41) is 3.04. The molecule has 0 spiro atoms. The molecule has 0 heterocycles. The van der Waals surface area contributed by atoms with Gasteiger partial charge in [0.1, 0.15) is 28.7 Å². The van der Waals surface area contributed by atoms with E-state index in [9.17, 15) is 24.0 Å². The van der Waals surface area contributed by atoms with Gasteiger partial charge in [-0.15, -0.1) is 0 Å². The first kappa shape index (κ1) is 39.7. The van der Waals surface area contributed by atoms with Gasteiger partial charge in [-0.2, -0.15) is 0 Å². The van der Waals surface area contributed by atoms with Crippen molar-refractivity contribution in [2.24, 2.45) is 29.4 Å². The number of nitrogens with one attached hydrogen (secondary N) is 1. The van der Waals surface area contributed by atoms with Gasteiger partial charge in [0.15, 0.2) is 16.6 Å². The van der Waals surface area contributed by atoms with Gasteiger partial charge in [0, 0.05) is 48.0 Å². The van der Waals surface area contributed by atoms with Gasteiger partial charge in [0.2, 0.25) is 0 Å². The van der Waals surface area contributed by atoms with Crippen molar-refractivity contribution in [1.29, 1.82) is 0 Å². The SMILES string of the molecule is CC(C)(C)OC(=O)N[C@@H]1C[C@H](O[Si](C)(C)C(C)(C)C)C[C@@H]2C(=O)CC(=O)[C@@H]21.CC(C)(C)[Si](C)(C)O[C@H]1C[C@@H](N)[C@H]2C(=O)CC(=O)[C@H]2C1. The van der Waals surface area contributed by atoms with E-state index < -0.39 is 40.3 Å². The molecule has 4 aliphatic rings. The molecule has 4 aliphatic carbocycles. The average Bonchev–Trinajstić information content (AvgIpc) is 3.30. The summed E-state index contributed by atoms with van der Waals surface area (Å²) >= 11 is 0. The third-order valence-corrected chi connectivity index (χ3v) is 20.4. The first-order chi connectivity index (χ1) is 21.1. The smallest absolute Gasteiger partial charge is 0.407 e. The van der Waals surface area contributed by atoms with Gasteiger partial charge in [-0.3, -0.25) is 19.2 Å². The van der Waals surface area contributed by atoms with Crippen LogP contribution in [0.5, 0.6) is 0 Å². The van der Waals surface area contributed by atoms with Crippen LogP contribution in [0.25, 0.3) is 0 Å². The minimum atomic E-state index is -2.02. The van der Waals surface area contributed by atoms with Gasteiger partial charge in [-0.25, -0.2) is 4.79 Å². The Hall–Kier alpha value is -1.74. The lowest BCUT2D eigenvalue weighted by Gasteiger charge is -2.44. The fourth-order valence-electron chi connectivity index (χ4n) is 6.91. The van der Waals surface area contributed by atoms with Crippen LogP contribution >= 0.6 is 0 Å². The summed E-state index contributed by atoms with van der Waals surface area (Å²) in [5.41, 5.74) is 5.53. The van der Waals surface area contributed by atoms with E-state index in [1.807, 2.05) is 0 Å². The van der Waals surface area contributed by atoms with Crippen LogP contribution in [-0.4, -0.2) is 75.8 Å². The van der Waals surface area contributed by atoms with Crippen LogP contribution in [0.4, 0.5) is 4.79 Å². The van der Waals surface area contributed by atoms with E-state index in [-0.39, 0.29) is 82.1 Å². The molecule has 0 saturated heterocycles. The van der Waals surface area contributed by atoms with Crippen molar-refractivity contribution in [3.05, 3.63) is 0 Å². The zero-order valence-electron chi connectivity index (χ0n) is 31.2. The van der Waals surface area contributed by atoms with Crippen molar-refractivity contribution in [3.63, 3.8) is 0 Å². The topological polar surface area (TPSA) is 151 Å². The first-order valence-electron chi connectivity index (χ1n) is 17.3. The Balaban J connectivity index is 0.000000267. The molecular formula is C35H62N2O8Si2. The molecule has 10 nitrogen and oxygen atoms in total. The summed E-state index contributed by atoms with van der Waals surface area (Å²) in [6.45, 7) is 27.3. The number of carbonyl (C=O) groups excluding carboxylic acids is 5. The summed E-state index contributed by atoms with van der Waals surface area (Å²) in [5.74, 6) is -1.24. The molecular weight excluding hydrogens is 633 g/mol. The highest BCUT2D eigenvalue weighted by Gasteiger charge is 2.53. The second-order valence-corrected chi connectivity index (χ2v) is 27.9. The normalized spacial score (nSPS) is 32.0. The predicted octanol–water partition coefficient (Wildman–Crippen LogP) is 6.11. The molecule has 4 saturated carbocycles. The summed E-state index contributed by atoms with van der Waals surface area (Å²) in [4.78, 5) is 60.9. The summed E-state index contributed by atoms with van der Waals surface area (Å²) in [6, 6.07) is -0.644. The first-order valence-corrected chi connectivity index (χ1v) is 23.2. The summed E-state index contributed by atoms with van der Waals surface area (Å²) in [7, 11) is -3.88. The second kappa shape index (κ2) is 13.9. The van der Waals surface area contributed by atoms with E-state index in [1.165, 1.54) is 0 Å². The lowest BCUT2D eigenvalue weighted by molar-refractivity contribution is -0.124. The van der Waals surface area contributed by atoms with Crippen molar-refractivity contribution >= 4 is 45.9 Å². The van der Waals surface area contributed by atoms with E-state index in [0.29, 0.717) is 25.7 Å². The van der Waals surface area contributed by atoms with Crippen molar-refractivity contribution < 1.29 is 37.6 Å². The van der Waals surface area contributed by atoms with E-state index in [2.05, 4.69) is 73.0 Å². The molecule has 0 aliphatic heterocycles. The third-order valence-electron chi connectivity index (χ3n) is 11.4. The maximum atomic E-state index is 12.4. The highest BCUT2D eigenvalue weighted by molar-refractivity contribution is 6.74. The number of Topliss-reactive ketones (excluding diaryl/α,β-unsaturated/α-hetero) is 4. The maximum absolute atomic E-state index is 12.4. The van der Waals surface area contributed by atoms with Crippen LogP contribution in [0.2, 0.25) is 36.3 Å². The Kier molecular flexibility index (Phi) is 11.7. The number of alkyl carbamates (subject to hydrolysis) is 1. The number of carbonyl (C=O) groups is 5. The van der Waals surface area contributed by atoms with Crippen molar-refractivity contribution in [2.45, 2.75) is 167 Å². The molecule has 8 atom stereocenters. The molecule has 4 rings (SSSR count). The van der Waals surface area contributed by atoms with E-state index in [0.717, 1.165) is 0 Å². The second-order valence-electron chi connectivity index (χ2n) is 18.3. The molecule has 0 aromatic rings. The number of hydrogen-bond donors (Lipinski definition) is 2. The van der Waals surface area contributed by atoms with Crippen LogP contribution in [0, 0.1) is 23.7 Å². The number of ether oxygens (including phenoxy) is 1. The number of amides is 1. The number of nitrogens with two attached hydrogens (primary N) is 1. The zero-order valence-corrected chi connectivity index (χ0v) is 33.2. The summed E-state index contributed by atoms with van der Waals surface area (Å²) in [6.07, 6.45) is 1.86. The van der Waals surface area contributed by atoms with Crippen molar-refractivity contribution in [3.8, 4) is 0 Å². The quantitative estimate of drug-likeness (QED) is 0.257. The van der Waals surface area contributed by atoms with Crippen molar-refractivity contribution in [1.82, 2.24) is 5.32 Å². The van der Waals surface area contributed by atoms with Gasteiger partial charge in [0.05, 0.1) is 12.8 Å². The fourth-order valence-corrected chi connectivity index (χ4v) is 9.67. The summed E-state index contributed by atoms with van der Waals surface area (Å²) < 4.78 is 18.3. The number of rotatable bonds is 5. The van der Waals surface area contributed by atoms with Crippen LogP contribution in [0.15, 0.2) is 0 Å². The number of hydrogen-bond acceptors (Lipinski definition) is 9. The molecule has 0 aromatic heterocycles. The van der Waals surface area contributed by atoms with Crippen LogP contribution in [-0.2, 0) is 32.8 Å². The Morgan fingerprint density at radius 2 is 1.06 bits per heavy atom. The molecule has 47 heavy (non-hydrogen) atoms. The molecule has 4 fully saturated rings. The van der Waals surface area contributed by atoms with E-state index >= 15 is 0 Å². The van der Waals surface area contributed by atoms with Gasteiger partial charge < -0.3 is 24.6 Å². The van der Waals surface area contributed by atoms with Gasteiger partial charge >= 0.3 is 6.09 Å². The Labute approximate surface area is 284 Å². The lowest BCUT2D eigenvalue weighted by Crippen LogP contribution is -2.54. The molecule has 12 heteroatoms. The number of ketones is 4. The predicted molar refractivity (Wildman–Crippen MR) is 187 cm³/mol. The molecule has 0 unspecified atom stereocenters. The monoisotopic (exact) mass is 694 g/mol. The highest BCUT2D eigenvalue weighted by Crippen LogP contribution is 2.45. The van der Waals surface area contributed by atoms with Gasteiger partial charge in [-0.1, -0.05) is 41.5 Å². The molecule has 0 bridgehead atoms. The fraction of sp³-hybridized carbons (Fsp3) is 0.857. The number of fused-ring (bicyclic) bond motifs is 2. The maximum Gasteiger partial charge on any atom is 0.407 e. The van der Waals surface area contributed by atoms with E-state index in [4.69, 9.17) is 19.3 Å². The lowest BCUT2D eigenvalue weighted by atomic mass is 9.76. The van der Waals surface area contributed by atoms with Crippen LogP contribution in [0.1, 0.15) is 101 Å². The Morgan fingerprint density at radius 3 is 1.49 bits per heavy atom. The van der Waals surface area contributed by atoms with Crippen molar-refractivity contribution in [2.75, 3.05) is 0 Å². The average molecular weight is 695 g/mol.